The summed E-state index contributed by atoms with van der Waals surface area (Å²) in [6, 6.07) is 4.31. The number of hydrogen-bond acceptors (Lipinski definition) is 3. The van der Waals surface area contributed by atoms with Gasteiger partial charge in [-0.15, -0.1) is 0 Å². The molecule has 0 aliphatic carbocycles. The van der Waals surface area contributed by atoms with Crippen molar-refractivity contribution in [2.24, 2.45) is 0 Å². The van der Waals surface area contributed by atoms with Crippen molar-refractivity contribution in [3.63, 3.8) is 0 Å². The lowest BCUT2D eigenvalue weighted by molar-refractivity contribution is 0.00578. The highest BCUT2D eigenvalue weighted by Crippen LogP contribution is 2.36. The van der Waals surface area contributed by atoms with Gasteiger partial charge in [-0.3, -0.25) is 4.79 Å². The number of benzene rings is 1. The summed E-state index contributed by atoms with van der Waals surface area (Å²) in [6.07, 6.45) is -0.722. The van der Waals surface area contributed by atoms with E-state index in [1.54, 1.807) is 6.07 Å². The van der Waals surface area contributed by atoms with Crippen molar-refractivity contribution in [2.75, 3.05) is 13.1 Å². The van der Waals surface area contributed by atoms with Crippen molar-refractivity contribution >= 4 is 18.5 Å². The number of rotatable bonds is 2. The number of carbonyl (C=O) groups is 1. The summed E-state index contributed by atoms with van der Waals surface area (Å²) in [5, 5.41) is 0. The number of hydrogen-bond donors (Lipinski definition) is 0. The minimum absolute atomic E-state index is 0.0251. The van der Waals surface area contributed by atoms with Gasteiger partial charge in [0.25, 0.3) is 5.91 Å². The molecule has 0 saturated carbocycles. The molecule has 1 amide bonds. The molecule has 0 aromatic heterocycles. The van der Waals surface area contributed by atoms with Gasteiger partial charge in [0.1, 0.15) is 12.0 Å². The number of alkyl halides is 1. The lowest BCUT2D eigenvalue weighted by Gasteiger charge is -2.32. The molecule has 1 atom stereocenters. The van der Waals surface area contributed by atoms with Gasteiger partial charge in [0.05, 0.1) is 23.3 Å². The quantitative estimate of drug-likeness (QED) is 0.778. The van der Waals surface area contributed by atoms with E-state index in [2.05, 4.69) is 0 Å². The first-order chi connectivity index (χ1) is 11.1. The maximum absolute atomic E-state index is 14.4. The predicted molar refractivity (Wildman–Crippen MR) is 87.5 cm³/mol. The molecule has 1 aromatic carbocycles. The predicted octanol–water partition coefficient (Wildman–Crippen LogP) is 2.31. The van der Waals surface area contributed by atoms with Gasteiger partial charge in [-0.1, -0.05) is 6.07 Å². The molecule has 2 aliphatic rings. The average molecular weight is 337 g/mol. The molecular weight excluding hydrogens is 315 g/mol. The molecule has 1 aromatic rings. The zero-order chi connectivity index (χ0) is 17.7. The Bertz CT molecular complexity index is 649. The smallest absolute Gasteiger partial charge is 0.399 e. The zero-order valence-electron chi connectivity index (χ0n) is 14.4. The van der Waals surface area contributed by atoms with Crippen LogP contribution >= 0.6 is 0 Å². The van der Waals surface area contributed by atoms with E-state index in [9.17, 15) is 13.6 Å². The van der Waals surface area contributed by atoms with Crippen LogP contribution < -0.4 is 5.46 Å². The van der Waals surface area contributed by atoms with Crippen LogP contribution in [0.25, 0.3) is 0 Å². The Hall–Kier alpha value is -1.47. The number of likely N-dealkylation sites (tertiary alicyclic amines) is 1. The molecular formula is C17H22BF2NO3. The maximum Gasteiger partial charge on any atom is 0.494 e. The standard InChI is InChI=1S/C17H22BF2NO3/c1-16(2)17(3,4)24-18(23-16)11-5-6-13(14(20)9-11)15(22)21-8-7-12(19)10-21/h5-6,9,12H,7-8,10H2,1-4H3/t12-/m1/s1. The number of carbonyl (C=O) groups excluding carboxylic acids is 1. The molecule has 2 heterocycles. The van der Waals surface area contributed by atoms with Gasteiger partial charge < -0.3 is 14.2 Å². The molecule has 0 N–H and O–H groups in total. The van der Waals surface area contributed by atoms with E-state index >= 15 is 0 Å². The third kappa shape index (κ3) is 2.95. The van der Waals surface area contributed by atoms with Crippen LogP contribution in [0.15, 0.2) is 18.2 Å². The van der Waals surface area contributed by atoms with Gasteiger partial charge in [0.2, 0.25) is 0 Å². The van der Waals surface area contributed by atoms with Crippen LogP contribution in [0.3, 0.4) is 0 Å². The van der Waals surface area contributed by atoms with Crippen LogP contribution in [0.1, 0.15) is 44.5 Å². The zero-order valence-corrected chi connectivity index (χ0v) is 14.4. The second-order valence-electron chi connectivity index (χ2n) is 7.46. The summed E-state index contributed by atoms with van der Waals surface area (Å²) in [5.74, 6) is -1.12. The highest BCUT2D eigenvalue weighted by atomic mass is 19.1. The SMILES string of the molecule is CC1(C)OB(c2ccc(C(=O)N3CC[C@@H](F)C3)c(F)c2)OC1(C)C. The summed E-state index contributed by atoms with van der Waals surface area (Å²) in [4.78, 5) is 13.7. The Balaban J connectivity index is 1.80. The Morgan fingerprint density at radius 3 is 2.38 bits per heavy atom. The molecule has 0 bridgehead atoms. The van der Waals surface area contributed by atoms with Gasteiger partial charge in [0.15, 0.2) is 0 Å². The highest BCUT2D eigenvalue weighted by Gasteiger charge is 2.51. The van der Waals surface area contributed by atoms with Crippen LogP contribution in [-0.2, 0) is 9.31 Å². The fraction of sp³-hybridized carbons (Fsp3) is 0.588. The maximum atomic E-state index is 14.4. The largest absolute Gasteiger partial charge is 0.494 e. The second-order valence-corrected chi connectivity index (χ2v) is 7.46. The molecule has 2 aliphatic heterocycles. The Labute approximate surface area is 141 Å². The van der Waals surface area contributed by atoms with Gasteiger partial charge in [0, 0.05) is 6.54 Å². The normalized spacial score (nSPS) is 25.3. The molecule has 4 nitrogen and oxygen atoms in total. The molecule has 130 valence electrons. The summed E-state index contributed by atoms with van der Waals surface area (Å²) in [5.41, 5.74) is -0.570. The number of nitrogens with zero attached hydrogens (tertiary/aromatic N) is 1. The van der Waals surface area contributed by atoms with Crippen LogP contribution in [0.2, 0.25) is 0 Å². The van der Waals surface area contributed by atoms with E-state index in [1.807, 2.05) is 27.7 Å². The highest BCUT2D eigenvalue weighted by molar-refractivity contribution is 6.62. The molecule has 0 spiro atoms. The molecule has 0 radical (unpaired) electrons. The lowest BCUT2D eigenvalue weighted by atomic mass is 9.78. The van der Waals surface area contributed by atoms with Crippen molar-refractivity contribution in [3.8, 4) is 0 Å². The van der Waals surface area contributed by atoms with E-state index in [0.29, 0.717) is 18.4 Å². The fourth-order valence-electron chi connectivity index (χ4n) is 2.90. The molecule has 24 heavy (non-hydrogen) atoms. The lowest BCUT2D eigenvalue weighted by Crippen LogP contribution is -2.41. The van der Waals surface area contributed by atoms with Crippen molar-refractivity contribution in [2.45, 2.75) is 51.5 Å². The van der Waals surface area contributed by atoms with E-state index in [4.69, 9.17) is 9.31 Å². The first-order valence-corrected chi connectivity index (χ1v) is 8.19. The van der Waals surface area contributed by atoms with Crippen LogP contribution in [0, 0.1) is 5.82 Å². The number of amides is 1. The van der Waals surface area contributed by atoms with Crippen molar-refractivity contribution < 1.29 is 22.9 Å². The van der Waals surface area contributed by atoms with Crippen molar-refractivity contribution in [1.82, 2.24) is 4.90 Å². The number of halogens is 2. The van der Waals surface area contributed by atoms with Gasteiger partial charge in [-0.2, -0.15) is 0 Å². The second kappa shape index (κ2) is 5.81. The van der Waals surface area contributed by atoms with Gasteiger partial charge in [-0.25, -0.2) is 8.78 Å². The van der Waals surface area contributed by atoms with E-state index < -0.39 is 36.2 Å². The molecule has 0 unspecified atom stereocenters. The minimum Gasteiger partial charge on any atom is -0.399 e. The fourth-order valence-corrected chi connectivity index (χ4v) is 2.90. The first-order valence-electron chi connectivity index (χ1n) is 8.19. The summed E-state index contributed by atoms with van der Waals surface area (Å²) in [6.45, 7) is 8.02. The topological polar surface area (TPSA) is 38.8 Å². The average Bonchev–Trinajstić information content (AvgIpc) is 3.00. The van der Waals surface area contributed by atoms with E-state index in [1.165, 1.54) is 17.0 Å². The Morgan fingerprint density at radius 2 is 1.88 bits per heavy atom. The van der Waals surface area contributed by atoms with E-state index in [0.717, 1.165) is 0 Å². The molecule has 7 heteroatoms. The van der Waals surface area contributed by atoms with Crippen LogP contribution in [0.5, 0.6) is 0 Å². The molecule has 3 rings (SSSR count). The van der Waals surface area contributed by atoms with E-state index in [-0.39, 0.29) is 12.1 Å². The molecule has 2 saturated heterocycles. The Morgan fingerprint density at radius 1 is 1.25 bits per heavy atom. The van der Waals surface area contributed by atoms with Gasteiger partial charge in [-0.05, 0) is 51.7 Å². The van der Waals surface area contributed by atoms with Crippen LogP contribution in [-0.4, -0.2) is 48.4 Å². The van der Waals surface area contributed by atoms with Crippen molar-refractivity contribution in [3.05, 3.63) is 29.6 Å². The minimum atomic E-state index is -1.03. The third-order valence-corrected chi connectivity index (χ3v) is 5.17. The monoisotopic (exact) mass is 337 g/mol. The Kier molecular flexibility index (Phi) is 4.20. The van der Waals surface area contributed by atoms with Crippen LogP contribution in [0.4, 0.5) is 8.78 Å². The van der Waals surface area contributed by atoms with Crippen molar-refractivity contribution in [1.29, 1.82) is 0 Å². The van der Waals surface area contributed by atoms with Gasteiger partial charge >= 0.3 is 7.12 Å². The summed E-state index contributed by atoms with van der Waals surface area (Å²) in [7, 11) is -0.685. The first kappa shape index (κ1) is 17.4. The summed E-state index contributed by atoms with van der Waals surface area (Å²) >= 11 is 0. The summed E-state index contributed by atoms with van der Waals surface area (Å²) < 4.78 is 39.5. The molecule has 2 fully saturated rings. The third-order valence-electron chi connectivity index (χ3n) is 5.17.